The number of halogens is 1. The molecule has 3 rings (SSSR count). The maximum atomic E-state index is 12.6. The van der Waals surface area contributed by atoms with Crippen molar-refractivity contribution in [1.29, 1.82) is 0 Å². The van der Waals surface area contributed by atoms with Gasteiger partial charge in [-0.3, -0.25) is 9.59 Å². The summed E-state index contributed by atoms with van der Waals surface area (Å²) in [6.45, 7) is 0.0940. The molecule has 0 aliphatic heterocycles. The Morgan fingerprint density at radius 3 is 2.55 bits per heavy atom. The largest absolute Gasteiger partial charge is 0.465 e. The van der Waals surface area contributed by atoms with Gasteiger partial charge >= 0.3 is 5.97 Å². The second-order valence-electron chi connectivity index (χ2n) is 5.95. The lowest BCUT2D eigenvalue weighted by Gasteiger charge is -2.11. The number of amides is 1. The van der Waals surface area contributed by atoms with E-state index in [1.54, 1.807) is 42.5 Å². The molecule has 1 N–H and O–H groups in total. The Hall–Kier alpha value is -3.58. The summed E-state index contributed by atoms with van der Waals surface area (Å²) in [6.07, 6.45) is 1.41. The number of carbonyl (C=O) groups excluding carboxylic acids is 2. The van der Waals surface area contributed by atoms with Crippen LogP contribution in [0.25, 0.3) is 0 Å². The molecule has 1 amide bonds. The van der Waals surface area contributed by atoms with Crippen molar-refractivity contribution in [2.24, 2.45) is 0 Å². The predicted molar refractivity (Wildman–Crippen MR) is 108 cm³/mol. The summed E-state index contributed by atoms with van der Waals surface area (Å²) in [5.74, 6) is -1.27. The highest BCUT2D eigenvalue weighted by molar-refractivity contribution is 6.30. The third-order valence-corrected chi connectivity index (χ3v) is 4.23. The zero-order chi connectivity index (χ0) is 20.8. The first-order chi connectivity index (χ1) is 14.0. The molecule has 1 aromatic heterocycles. The Labute approximate surface area is 171 Å². The zero-order valence-electron chi connectivity index (χ0n) is 15.4. The smallest absolute Gasteiger partial charge is 0.339 e. The molecular weight excluding hydrogens is 396 g/mol. The van der Waals surface area contributed by atoms with Crippen molar-refractivity contribution in [3.05, 3.63) is 98.9 Å². The fourth-order valence-electron chi connectivity index (χ4n) is 2.59. The van der Waals surface area contributed by atoms with Gasteiger partial charge < -0.3 is 14.9 Å². The lowest BCUT2D eigenvalue weighted by Crippen LogP contribution is -2.32. The third-order valence-electron chi connectivity index (χ3n) is 4.00. The van der Waals surface area contributed by atoms with E-state index in [0.29, 0.717) is 5.02 Å². The number of methoxy groups -OCH3 is 1. The molecule has 1 heterocycles. The monoisotopic (exact) mass is 412 g/mol. The van der Waals surface area contributed by atoms with E-state index in [1.165, 1.54) is 31.5 Å². The average molecular weight is 413 g/mol. The first-order valence-corrected chi connectivity index (χ1v) is 8.95. The van der Waals surface area contributed by atoms with Crippen LogP contribution in [0.1, 0.15) is 26.3 Å². The van der Waals surface area contributed by atoms with Crippen molar-refractivity contribution >= 4 is 29.2 Å². The summed E-state index contributed by atoms with van der Waals surface area (Å²) in [7, 11) is 1.24. The number of para-hydroxylation sites is 1. The number of hydrogen-bond donors (Lipinski definition) is 1. The number of carbonyl (C=O) groups is 2. The van der Waals surface area contributed by atoms with Crippen molar-refractivity contribution in [2.75, 3.05) is 12.4 Å². The number of esters is 1. The highest BCUT2D eigenvalue weighted by atomic mass is 35.5. The first kappa shape index (κ1) is 20.2. The van der Waals surface area contributed by atoms with E-state index in [0.717, 1.165) is 10.3 Å². The van der Waals surface area contributed by atoms with Gasteiger partial charge in [0.05, 0.1) is 18.4 Å². The van der Waals surface area contributed by atoms with Crippen molar-refractivity contribution in [3.63, 3.8) is 0 Å². The maximum absolute atomic E-state index is 12.6. The Morgan fingerprint density at radius 2 is 1.79 bits per heavy atom. The zero-order valence-corrected chi connectivity index (χ0v) is 16.2. The first-order valence-electron chi connectivity index (χ1n) is 8.57. The molecule has 2 aromatic carbocycles. The quantitative estimate of drug-likeness (QED) is 0.628. The minimum absolute atomic E-state index is 0.0940. The minimum Gasteiger partial charge on any atom is -0.465 e. The number of anilines is 1. The summed E-state index contributed by atoms with van der Waals surface area (Å²) in [6, 6.07) is 16.3. The summed E-state index contributed by atoms with van der Waals surface area (Å²) in [4.78, 5) is 42.6. The second kappa shape index (κ2) is 9.07. The number of nitrogens with zero attached hydrogens (tertiary/aromatic N) is 1. The van der Waals surface area contributed by atoms with Crippen LogP contribution in [0.4, 0.5) is 5.69 Å². The number of nitrogens with one attached hydrogen (secondary N) is 1. The van der Waals surface area contributed by atoms with Gasteiger partial charge in [0, 0.05) is 11.2 Å². The van der Waals surface area contributed by atoms with Gasteiger partial charge in [-0.15, -0.1) is 0 Å². The molecule has 29 heavy (non-hydrogen) atoms. The second-order valence-corrected chi connectivity index (χ2v) is 6.38. The molecule has 0 fully saturated rings. The van der Waals surface area contributed by atoms with Gasteiger partial charge in [0.15, 0.2) is 0 Å². The van der Waals surface area contributed by atoms with Crippen LogP contribution < -0.4 is 15.7 Å². The standard InChI is InChI=1S/C21H17ClN2O5/c1-28-21(27)16-8-2-3-10-18(16)23-19(25)17-9-5-11-24(20(17)26)29-13-14-6-4-7-15(22)12-14/h2-12H,13H2,1H3,(H,23,25). The van der Waals surface area contributed by atoms with Crippen molar-refractivity contribution in [2.45, 2.75) is 6.61 Å². The predicted octanol–water partition coefficient (Wildman–Crippen LogP) is 3.17. The molecule has 0 bridgehead atoms. The lowest BCUT2D eigenvalue weighted by molar-refractivity contribution is 0.0602. The Bertz CT molecular complexity index is 1110. The molecule has 0 radical (unpaired) electrons. The van der Waals surface area contributed by atoms with Crippen LogP contribution in [-0.2, 0) is 11.3 Å². The number of pyridine rings is 1. The van der Waals surface area contributed by atoms with E-state index in [2.05, 4.69) is 5.32 Å². The molecule has 8 heteroatoms. The van der Waals surface area contributed by atoms with Crippen LogP contribution in [0.15, 0.2) is 71.7 Å². The third kappa shape index (κ3) is 4.83. The summed E-state index contributed by atoms with van der Waals surface area (Å²) >= 11 is 5.94. The Morgan fingerprint density at radius 1 is 1.03 bits per heavy atom. The van der Waals surface area contributed by atoms with Crippen LogP contribution in [0, 0.1) is 0 Å². The average Bonchev–Trinajstić information content (AvgIpc) is 2.73. The molecule has 0 saturated heterocycles. The van der Waals surface area contributed by atoms with E-state index in [-0.39, 0.29) is 23.4 Å². The fraction of sp³-hybridized carbons (Fsp3) is 0.0952. The molecule has 0 spiro atoms. The van der Waals surface area contributed by atoms with E-state index in [9.17, 15) is 14.4 Å². The topological polar surface area (TPSA) is 86.6 Å². The molecule has 7 nitrogen and oxygen atoms in total. The van der Waals surface area contributed by atoms with Crippen molar-refractivity contribution in [3.8, 4) is 0 Å². The molecule has 0 unspecified atom stereocenters. The van der Waals surface area contributed by atoms with Crippen LogP contribution in [0.3, 0.4) is 0 Å². The van der Waals surface area contributed by atoms with E-state index in [4.69, 9.17) is 21.2 Å². The fourth-order valence-corrected chi connectivity index (χ4v) is 2.80. The minimum atomic E-state index is -0.674. The summed E-state index contributed by atoms with van der Waals surface area (Å²) in [5.41, 5.74) is 0.405. The molecule has 3 aromatic rings. The molecule has 0 saturated carbocycles. The van der Waals surface area contributed by atoms with E-state index >= 15 is 0 Å². The number of ether oxygens (including phenoxy) is 1. The van der Waals surface area contributed by atoms with Gasteiger partial charge in [0.25, 0.3) is 11.5 Å². The molecule has 0 aliphatic rings. The van der Waals surface area contributed by atoms with Gasteiger partial charge in [-0.1, -0.05) is 35.9 Å². The van der Waals surface area contributed by atoms with E-state index < -0.39 is 17.4 Å². The summed E-state index contributed by atoms with van der Waals surface area (Å²) < 4.78 is 5.68. The number of benzene rings is 2. The van der Waals surface area contributed by atoms with Gasteiger partial charge in [-0.05, 0) is 42.0 Å². The van der Waals surface area contributed by atoms with Gasteiger partial charge in [-0.2, -0.15) is 4.73 Å². The van der Waals surface area contributed by atoms with Gasteiger partial charge in [-0.25, -0.2) is 4.79 Å². The van der Waals surface area contributed by atoms with Crippen LogP contribution in [0.5, 0.6) is 0 Å². The lowest BCUT2D eigenvalue weighted by atomic mass is 10.1. The Kier molecular flexibility index (Phi) is 6.31. The maximum Gasteiger partial charge on any atom is 0.339 e. The normalized spacial score (nSPS) is 10.3. The highest BCUT2D eigenvalue weighted by Crippen LogP contribution is 2.16. The molecule has 0 atom stereocenters. The number of rotatable bonds is 6. The molecular formula is C21H17ClN2O5. The van der Waals surface area contributed by atoms with Gasteiger partial charge in [0.2, 0.25) is 0 Å². The van der Waals surface area contributed by atoms with Crippen molar-refractivity contribution < 1.29 is 19.2 Å². The van der Waals surface area contributed by atoms with Crippen LogP contribution in [-0.4, -0.2) is 23.7 Å². The van der Waals surface area contributed by atoms with Gasteiger partial charge in [0.1, 0.15) is 12.2 Å². The van der Waals surface area contributed by atoms with Crippen LogP contribution in [0.2, 0.25) is 5.02 Å². The highest BCUT2D eigenvalue weighted by Gasteiger charge is 2.17. The SMILES string of the molecule is COC(=O)c1ccccc1NC(=O)c1cccn(OCc2cccc(Cl)c2)c1=O. The number of aromatic nitrogens is 1. The van der Waals surface area contributed by atoms with E-state index in [1.807, 2.05) is 0 Å². The Balaban J connectivity index is 1.80. The number of hydrogen-bond acceptors (Lipinski definition) is 5. The van der Waals surface area contributed by atoms with Crippen LogP contribution >= 0.6 is 11.6 Å². The molecule has 0 aliphatic carbocycles. The summed E-state index contributed by atoms with van der Waals surface area (Å²) in [5, 5.41) is 3.12. The van der Waals surface area contributed by atoms with Crippen molar-refractivity contribution in [1.82, 2.24) is 4.73 Å². The molecule has 148 valence electrons.